The normalized spacial score (nSPS) is 12.8. The number of pyridine rings is 2. The Balaban J connectivity index is 1.33. The van der Waals surface area contributed by atoms with Gasteiger partial charge in [0.25, 0.3) is 40.3 Å². The van der Waals surface area contributed by atoms with E-state index in [1.165, 1.54) is 48.8 Å². The van der Waals surface area contributed by atoms with Crippen molar-refractivity contribution in [2.45, 2.75) is 19.6 Å². The van der Waals surface area contributed by atoms with E-state index in [1.54, 1.807) is 36.4 Å². The Bertz CT molecular complexity index is 2600. The molecule has 2 heterocycles. The summed E-state index contributed by atoms with van der Waals surface area (Å²) in [6.45, 7) is 0. The lowest BCUT2D eigenvalue weighted by Crippen LogP contribution is -2.14. The predicted octanol–water partition coefficient (Wildman–Crippen LogP) is 5.05. The van der Waals surface area contributed by atoms with Gasteiger partial charge in [-0.05, 0) is 59.7 Å². The maximum absolute atomic E-state index is 13.3. The Labute approximate surface area is 286 Å². The van der Waals surface area contributed by atoms with Crippen molar-refractivity contribution < 1.29 is 42.8 Å². The van der Waals surface area contributed by atoms with Crippen LogP contribution in [-0.4, -0.2) is 52.7 Å². The van der Waals surface area contributed by atoms with E-state index in [2.05, 4.69) is 19.4 Å². The molecule has 0 bridgehead atoms. The third-order valence-electron chi connectivity index (χ3n) is 7.30. The molecule has 18 heteroatoms. The first-order valence-electron chi connectivity index (χ1n) is 14.2. The highest BCUT2D eigenvalue weighted by atomic mass is 32.2. The summed E-state index contributed by atoms with van der Waals surface area (Å²) < 4.78 is 127. The number of nitrogens with zero attached hydrogens (tertiary/aromatic N) is 2. The highest BCUT2D eigenvalue weighted by Gasteiger charge is 2.23. The fraction of sp³-hybridized carbons (Fsp3) is 0. The first kappa shape index (κ1) is 34.6. The van der Waals surface area contributed by atoms with Crippen LogP contribution in [0.3, 0.4) is 0 Å². The van der Waals surface area contributed by atoms with Crippen molar-refractivity contribution in [2.24, 2.45) is 0 Å². The average molecular weight is 753 g/mol. The summed E-state index contributed by atoms with van der Waals surface area (Å²) in [6.07, 6.45) is 5.04. The van der Waals surface area contributed by atoms with Gasteiger partial charge in [0, 0.05) is 23.2 Å². The van der Waals surface area contributed by atoms with Gasteiger partial charge in [-0.2, -0.15) is 16.8 Å². The summed E-state index contributed by atoms with van der Waals surface area (Å²) >= 11 is 0. The second-order valence-electron chi connectivity index (χ2n) is 10.7. The lowest BCUT2D eigenvalue weighted by Gasteiger charge is -2.13. The number of aromatic nitrogens is 2. The Hall–Kier alpha value is -5.24. The van der Waals surface area contributed by atoms with Gasteiger partial charge in [0.05, 0.1) is 22.4 Å². The van der Waals surface area contributed by atoms with Crippen molar-refractivity contribution in [3.8, 4) is 0 Å². The van der Waals surface area contributed by atoms with E-state index < -0.39 is 50.1 Å². The molecule has 14 nitrogen and oxygen atoms in total. The number of benzene rings is 4. The molecule has 256 valence electrons. The van der Waals surface area contributed by atoms with Gasteiger partial charge in [0.15, 0.2) is 0 Å². The molecule has 0 radical (unpaired) electrons. The van der Waals surface area contributed by atoms with Crippen molar-refractivity contribution in [3.05, 3.63) is 121 Å². The third kappa shape index (κ3) is 7.20. The number of rotatable bonds is 10. The van der Waals surface area contributed by atoms with E-state index in [9.17, 15) is 42.8 Å². The number of hydrogen-bond acceptors (Lipinski definition) is 10. The minimum absolute atomic E-state index is 0.176. The van der Waals surface area contributed by atoms with E-state index in [4.69, 9.17) is 0 Å². The number of nitrogens with one attached hydrogen (secondary N) is 2. The van der Waals surface area contributed by atoms with Crippen LogP contribution in [0.15, 0.2) is 129 Å². The molecule has 0 aliphatic rings. The summed E-state index contributed by atoms with van der Waals surface area (Å²) in [5.41, 5.74) is -0.459. The molecule has 4 N–H and O–H groups in total. The van der Waals surface area contributed by atoms with Crippen LogP contribution in [0.2, 0.25) is 0 Å². The van der Waals surface area contributed by atoms with E-state index in [-0.39, 0.29) is 43.3 Å². The first-order chi connectivity index (χ1) is 23.5. The first-order valence-corrected chi connectivity index (χ1v) is 20.0. The van der Waals surface area contributed by atoms with Crippen LogP contribution in [0.4, 0.5) is 11.4 Å². The molecule has 0 aliphatic carbocycles. The molecule has 2 aromatic heterocycles. The predicted molar refractivity (Wildman–Crippen MR) is 187 cm³/mol. The van der Waals surface area contributed by atoms with Crippen molar-refractivity contribution in [3.63, 3.8) is 0 Å². The van der Waals surface area contributed by atoms with Crippen molar-refractivity contribution in [1.29, 1.82) is 0 Å². The van der Waals surface area contributed by atoms with Crippen LogP contribution < -0.4 is 9.44 Å². The van der Waals surface area contributed by atoms with Crippen LogP contribution in [0.5, 0.6) is 0 Å². The Kier molecular flexibility index (Phi) is 8.93. The number of fused-ring (bicyclic) bond motifs is 2. The fourth-order valence-electron chi connectivity index (χ4n) is 5.10. The number of sulfonamides is 2. The molecular weight excluding hydrogens is 729 g/mol. The molecule has 6 aromatic rings. The van der Waals surface area contributed by atoms with Gasteiger partial charge < -0.3 is 0 Å². The third-order valence-corrected chi connectivity index (χ3v) is 11.9. The van der Waals surface area contributed by atoms with Crippen LogP contribution in [-0.2, 0) is 40.3 Å². The van der Waals surface area contributed by atoms with Crippen LogP contribution in [0, 0.1) is 0 Å². The largest absolute Gasteiger partial charge is 0.295 e. The smallest absolute Gasteiger partial charge is 0.282 e. The zero-order chi connectivity index (χ0) is 35.9. The molecule has 0 atom stereocenters. The van der Waals surface area contributed by atoms with Gasteiger partial charge in [0.1, 0.15) is 19.6 Å². The van der Waals surface area contributed by atoms with E-state index in [0.717, 1.165) is 36.4 Å². The van der Waals surface area contributed by atoms with Gasteiger partial charge >= 0.3 is 0 Å². The molecule has 50 heavy (non-hydrogen) atoms. The summed E-state index contributed by atoms with van der Waals surface area (Å²) in [7, 11) is -18.5. The van der Waals surface area contributed by atoms with Crippen LogP contribution in [0.1, 0.15) is 11.1 Å². The van der Waals surface area contributed by atoms with Crippen LogP contribution in [0.25, 0.3) is 34.0 Å². The van der Waals surface area contributed by atoms with Gasteiger partial charge in [-0.1, -0.05) is 60.7 Å². The molecule has 0 saturated carbocycles. The zero-order valence-electron chi connectivity index (χ0n) is 25.2. The van der Waals surface area contributed by atoms with Crippen molar-refractivity contribution in [1.82, 2.24) is 9.97 Å². The quantitative estimate of drug-likeness (QED) is 0.107. The molecule has 0 amide bonds. The number of anilines is 2. The average Bonchev–Trinajstić information content (AvgIpc) is 3.06. The minimum Gasteiger partial charge on any atom is -0.282 e. The lowest BCUT2D eigenvalue weighted by molar-refractivity contribution is 0.480. The van der Waals surface area contributed by atoms with Gasteiger partial charge in [-0.15, -0.1) is 0 Å². The molecule has 0 fully saturated rings. The minimum atomic E-state index is -4.97. The zero-order valence-corrected chi connectivity index (χ0v) is 28.5. The second kappa shape index (κ2) is 12.9. The van der Waals surface area contributed by atoms with E-state index in [1.807, 2.05) is 0 Å². The Morgan fingerprint density at radius 2 is 0.860 bits per heavy atom. The van der Waals surface area contributed by atoms with E-state index in [0.29, 0.717) is 10.8 Å². The topological polar surface area (TPSA) is 227 Å². The fourth-order valence-corrected chi connectivity index (χ4v) is 8.98. The summed E-state index contributed by atoms with van der Waals surface area (Å²) in [4.78, 5) is 6.44. The standard InChI is InChI=1S/C32H24N4O10S4/c37-47(38,27-9-1-5-23-7-3-17-33-31(23)27)35-25-15-13-21(29(19-25)49(41,42)43)11-12-22-14-16-26(20-30(22)50(44,45)46)36-48(39,40)28-10-2-6-24-8-4-18-34-32(24)28/h1-20,35-36H,(H,41,42,43)(H,44,45,46)/b12-11+. The molecule has 0 saturated heterocycles. The highest BCUT2D eigenvalue weighted by molar-refractivity contribution is 7.93. The number of para-hydroxylation sites is 2. The lowest BCUT2D eigenvalue weighted by atomic mass is 10.1. The van der Waals surface area contributed by atoms with Crippen molar-refractivity contribution in [2.75, 3.05) is 9.44 Å². The maximum atomic E-state index is 13.3. The summed E-state index contributed by atoms with van der Waals surface area (Å²) in [5, 5.41) is 1.10. The molecule has 0 aliphatic heterocycles. The molecule has 0 unspecified atom stereocenters. The summed E-state index contributed by atoms with van der Waals surface area (Å²) in [6, 6.07) is 22.1. The van der Waals surface area contributed by atoms with Gasteiger partial charge in [0.2, 0.25) is 0 Å². The molecule has 4 aromatic carbocycles. The summed E-state index contributed by atoms with van der Waals surface area (Å²) in [5.74, 6) is 0. The maximum Gasteiger partial charge on any atom is 0.295 e. The number of hydrogen-bond donors (Lipinski definition) is 4. The SMILES string of the molecule is O=S(=O)(O)c1cc(NS(=O)(=O)c2cccc3cccnc23)ccc1/C=C/c1ccc(NS(=O)(=O)c2cccc3cccnc23)cc1S(=O)(=O)O. The monoisotopic (exact) mass is 752 g/mol. The molecule has 6 rings (SSSR count). The Morgan fingerprint density at radius 3 is 1.24 bits per heavy atom. The van der Waals surface area contributed by atoms with Gasteiger partial charge in [-0.3, -0.25) is 28.5 Å². The van der Waals surface area contributed by atoms with Crippen LogP contribution >= 0.6 is 0 Å². The molecular formula is C32H24N4O10S4. The second-order valence-corrected chi connectivity index (χ2v) is 16.7. The van der Waals surface area contributed by atoms with Gasteiger partial charge in [-0.25, -0.2) is 16.8 Å². The Morgan fingerprint density at radius 1 is 0.480 bits per heavy atom. The highest BCUT2D eigenvalue weighted by Crippen LogP contribution is 2.30. The van der Waals surface area contributed by atoms with Crippen molar-refractivity contribution >= 4 is 85.6 Å². The van der Waals surface area contributed by atoms with E-state index >= 15 is 0 Å². The molecule has 0 spiro atoms.